The van der Waals surface area contributed by atoms with E-state index in [0.717, 1.165) is 45.6 Å². The van der Waals surface area contributed by atoms with E-state index in [2.05, 4.69) is 42.5 Å². The molecule has 2 aromatic rings. The molecule has 0 saturated heterocycles. The summed E-state index contributed by atoms with van der Waals surface area (Å²) in [5, 5.41) is 17.2. The Balaban J connectivity index is 1.76. The van der Waals surface area contributed by atoms with Gasteiger partial charge in [-0.15, -0.1) is 0 Å². The zero-order chi connectivity index (χ0) is 18.2. The van der Waals surface area contributed by atoms with E-state index in [1.165, 1.54) is 12.1 Å². The number of rotatable bonds is 9. The number of nitro groups is 1. The summed E-state index contributed by atoms with van der Waals surface area (Å²) in [5.74, 6) is 0.811. The number of nitrogens with zero attached hydrogens (tertiary/aromatic N) is 1. The van der Waals surface area contributed by atoms with Crippen LogP contribution in [0.1, 0.15) is 12.5 Å². The van der Waals surface area contributed by atoms with Gasteiger partial charge in [0.15, 0.2) is 0 Å². The Labute approximate surface area is 163 Å². The molecule has 0 saturated carbocycles. The van der Waals surface area contributed by atoms with Gasteiger partial charge in [-0.05, 0) is 68.6 Å². The predicted octanol–water partition coefficient (Wildman–Crippen LogP) is 4.72. The second kappa shape index (κ2) is 9.74. The molecule has 134 valence electrons. The highest BCUT2D eigenvalue weighted by molar-refractivity contribution is 9.11. The highest BCUT2D eigenvalue weighted by Gasteiger charge is 2.08. The van der Waals surface area contributed by atoms with Crippen molar-refractivity contribution in [2.75, 3.05) is 25.0 Å². The van der Waals surface area contributed by atoms with Crippen molar-refractivity contribution in [3.8, 4) is 5.75 Å². The molecule has 0 bridgehead atoms. The predicted molar refractivity (Wildman–Crippen MR) is 106 cm³/mol. The van der Waals surface area contributed by atoms with Gasteiger partial charge < -0.3 is 15.4 Å². The smallest absolute Gasteiger partial charge is 0.269 e. The van der Waals surface area contributed by atoms with Crippen molar-refractivity contribution in [3.63, 3.8) is 0 Å². The number of nitrogens with one attached hydrogen (secondary N) is 2. The zero-order valence-electron chi connectivity index (χ0n) is 13.7. The molecule has 2 aromatic carbocycles. The topological polar surface area (TPSA) is 76.4 Å². The lowest BCUT2D eigenvalue weighted by atomic mass is 10.2. The maximum Gasteiger partial charge on any atom is 0.269 e. The lowest BCUT2D eigenvalue weighted by molar-refractivity contribution is -0.384. The van der Waals surface area contributed by atoms with Crippen LogP contribution in [0.5, 0.6) is 5.75 Å². The van der Waals surface area contributed by atoms with Crippen LogP contribution >= 0.6 is 31.9 Å². The van der Waals surface area contributed by atoms with Crippen LogP contribution in [0.15, 0.2) is 45.3 Å². The summed E-state index contributed by atoms with van der Waals surface area (Å²) in [5.41, 5.74) is 2.09. The summed E-state index contributed by atoms with van der Waals surface area (Å²) in [7, 11) is 0. The van der Waals surface area contributed by atoms with Crippen molar-refractivity contribution in [3.05, 3.63) is 61.0 Å². The van der Waals surface area contributed by atoms with Crippen LogP contribution in [0.25, 0.3) is 0 Å². The van der Waals surface area contributed by atoms with E-state index in [-0.39, 0.29) is 5.69 Å². The van der Waals surface area contributed by atoms with Gasteiger partial charge in [0, 0.05) is 37.5 Å². The Morgan fingerprint density at radius 1 is 1.12 bits per heavy atom. The highest BCUT2D eigenvalue weighted by Crippen LogP contribution is 2.34. The van der Waals surface area contributed by atoms with Gasteiger partial charge in [0.1, 0.15) is 5.75 Å². The Bertz CT molecular complexity index is 701. The maximum atomic E-state index is 10.6. The summed E-state index contributed by atoms with van der Waals surface area (Å²) in [6, 6.07) is 10.5. The van der Waals surface area contributed by atoms with Gasteiger partial charge in [0.25, 0.3) is 5.69 Å². The molecule has 0 atom stereocenters. The van der Waals surface area contributed by atoms with Gasteiger partial charge in [0.05, 0.1) is 20.5 Å². The van der Waals surface area contributed by atoms with Crippen molar-refractivity contribution in [1.29, 1.82) is 0 Å². The molecule has 0 spiro atoms. The summed E-state index contributed by atoms with van der Waals surface area (Å²) in [4.78, 5) is 10.2. The fraction of sp³-hybridized carbons (Fsp3) is 0.294. The molecule has 8 heteroatoms. The molecule has 0 heterocycles. The number of halogens is 2. The molecule has 2 rings (SSSR count). The molecule has 0 unspecified atom stereocenters. The molecule has 0 amide bonds. The van der Waals surface area contributed by atoms with Crippen LogP contribution in [0.2, 0.25) is 0 Å². The zero-order valence-corrected chi connectivity index (χ0v) is 16.9. The number of hydrogen-bond acceptors (Lipinski definition) is 5. The van der Waals surface area contributed by atoms with Crippen LogP contribution in [-0.4, -0.2) is 24.6 Å². The SMILES string of the molecule is CCOc1c(Br)cc(CNCCNc2ccc([N+](=O)[O-])cc2)cc1Br. The first-order chi connectivity index (χ1) is 12.0. The molecule has 0 aliphatic carbocycles. The van der Waals surface area contributed by atoms with Crippen molar-refractivity contribution in [2.24, 2.45) is 0 Å². The highest BCUT2D eigenvalue weighted by atomic mass is 79.9. The van der Waals surface area contributed by atoms with Gasteiger partial charge in [-0.1, -0.05) is 0 Å². The molecule has 0 aliphatic heterocycles. The summed E-state index contributed by atoms with van der Waals surface area (Å²) < 4.78 is 7.41. The first-order valence-corrected chi connectivity index (χ1v) is 9.39. The summed E-state index contributed by atoms with van der Waals surface area (Å²) in [6.45, 7) is 4.78. The van der Waals surface area contributed by atoms with E-state index in [1.807, 2.05) is 19.1 Å². The van der Waals surface area contributed by atoms with Crippen molar-refractivity contribution in [2.45, 2.75) is 13.5 Å². The van der Waals surface area contributed by atoms with Crippen molar-refractivity contribution >= 4 is 43.2 Å². The average Bonchev–Trinajstić information content (AvgIpc) is 2.58. The van der Waals surface area contributed by atoms with Crippen LogP contribution in [-0.2, 0) is 6.54 Å². The Morgan fingerprint density at radius 3 is 2.32 bits per heavy atom. The molecular weight excluding hydrogens is 454 g/mol. The maximum absolute atomic E-state index is 10.6. The number of nitro benzene ring substituents is 1. The van der Waals surface area contributed by atoms with Crippen molar-refractivity contribution in [1.82, 2.24) is 5.32 Å². The van der Waals surface area contributed by atoms with E-state index in [4.69, 9.17) is 4.74 Å². The third-order valence-corrected chi connectivity index (χ3v) is 4.56. The largest absolute Gasteiger partial charge is 0.492 e. The third kappa shape index (κ3) is 5.98. The minimum absolute atomic E-state index is 0.0929. The molecular formula is C17H19Br2N3O3. The normalized spacial score (nSPS) is 10.5. The van der Waals surface area contributed by atoms with E-state index >= 15 is 0 Å². The van der Waals surface area contributed by atoms with Crippen molar-refractivity contribution < 1.29 is 9.66 Å². The third-order valence-electron chi connectivity index (χ3n) is 3.38. The molecule has 0 fully saturated rings. The number of non-ortho nitro benzene ring substituents is 1. The summed E-state index contributed by atoms with van der Waals surface area (Å²) in [6.07, 6.45) is 0. The first-order valence-electron chi connectivity index (χ1n) is 7.81. The molecule has 0 aromatic heterocycles. The average molecular weight is 473 g/mol. The quantitative estimate of drug-likeness (QED) is 0.313. The minimum Gasteiger partial charge on any atom is -0.492 e. The number of ether oxygens (including phenoxy) is 1. The van der Waals surface area contributed by atoms with E-state index in [0.29, 0.717) is 6.61 Å². The minimum atomic E-state index is -0.404. The van der Waals surface area contributed by atoms with Gasteiger partial charge in [-0.3, -0.25) is 10.1 Å². The standard InChI is InChI=1S/C17H19Br2N3O3/c1-2-25-17-15(18)9-12(10-16(17)19)11-20-7-8-21-13-3-5-14(6-4-13)22(23)24/h3-6,9-10,20-21H,2,7-8,11H2,1H3. The molecule has 6 nitrogen and oxygen atoms in total. The van der Waals surface area contributed by atoms with Crippen LogP contribution in [0.4, 0.5) is 11.4 Å². The van der Waals surface area contributed by atoms with Gasteiger partial charge in [-0.2, -0.15) is 0 Å². The van der Waals surface area contributed by atoms with E-state index < -0.39 is 4.92 Å². The van der Waals surface area contributed by atoms with Gasteiger partial charge in [-0.25, -0.2) is 0 Å². The van der Waals surface area contributed by atoms with E-state index in [1.54, 1.807) is 12.1 Å². The molecule has 0 radical (unpaired) electrons. The van der Waals surface area contributed by atoms with Crippen LogP contribution in [0, 0.1) is 10.1 Å². The van der Waals surface area contributed by atoms with E-state index in [9.17, 15) is 10.1 Å². The van der Waals surface area contributed by atoms with Crippen LogP contribution in [0.3, 0.4) is 0 Å². The van der Waals surface area contributed by atoms with Gasteiger partial charge in [0.2, 0.25) is 0 Å². The monoisotopic (exact) mass is 471 g/mol. The Hall–Kier alpha value is -1.64. The fourth-order valence-corrected chi connectivity index (χ4v) is 3.74. The molecule has 2 N–H and O–H groups in total. The lowest BCUT2D eigenvalue weighted by Gasteiger charge is -2.12. The number of anilines is 1. The first kappa shape index (κ1) is 19.7. The Kier molecular flexibility index (Phi) is 7.67. The van der Waals surface area contributed by atoms with Gasteiger partial charge >= 0.3 is 0 Å². The second-order valence-electron chi connectivity index (χ2n) is 5.23. The molecule has 25 heavy (non-hydrogen) atoms. The second-order valence-corrected chi connectivity index (χ2v) is 6.94. The Morgan fingerprint density at radius 2 is 1.76 bits per heavy atom. The number of hydrogen-bond donors (Lipinski definition) is 2. The summed E-state index contributed by atoms with van der Waals surface area (Å²) >= 11 is 7.05. The molecule has 0 aliphatic rings. The van der Waals surface area contributed by atoms with Crippen LogP contribution < -0.4 is 15.4 Å². The number of benzene rings is 2. The fourth-order valence-electron chi connectivity index (χ4n) is 2.23. The lowest BCUT2D eigenvalue weighted by Crippen LogP contribution is -2.21.